The summed E-state index contributed by atoms with van der Waals surface area (Å²) in [6.45, 7) is 11.1. The maximum atomic E-state index is 12.4. The van der Waals surface area contributed by atoms with E-state index in [0.717, 1.165) is 49.9 Å². The van der Waals surface area contributed by atoms with Crippen LogP contribution in [0.15, 0.2) is 0 Å². The molecule has 7 saturated carbocycles. The molecular weight excluding hydrogens is 534 g/mol. The molecule has 5 atom stereocenters. The van der Waals surface area contributed by atoms with Gasteiger partial charge in [-0.15, -0.1) is 0 Å². The Morgan fingerprint density at radius 2 is 1.43 bits per heavy atom. The Labute approximate surface area is 250 Å². The van der Waals surface area contributed by atoms with Crippen LogP contribution >= 0.6 is 0 Å². The Balaban J connectivity index is 0.000000175. The van der Waals surface area contributed by atoms with Crippen LogP contribution in [0.25, 0.3) is 0 Å². The molecule has 0 N–H and O–H groups in total. The largest absolute Gasteiger partial charge is 0.459 e. The maximum absolute atomic E-state index is 12.4. The van der Waals surface area contributed by atoms with Crippen molar-refractivity contribution in [3.63, 3.8) is 0 Å². The van der Waals surface area contributed by atoms with Gasteiger partial charge in [0.2, 0.25) is 0 Å². The zero-order valence-corrected chi connectivity index (χ0v) is 26.3. The molecule has 0 saturated heterocycles. The van der Waals surface area contributed by atoms with Crippen LogP contribution in [0, 0.1) is 63.1 Å². The molecular formula is C34H49NO7. The average Bonchev–Trinajstić information content (AvgIpc) is 3.53. The number of fused-ring (bicyclic) bond motifs is 1. The molecule has 5 unspecified atom stereocenters. The van der Waals surface area contributed by atoms with Crippen molar-refractivity contribution in [2.75, 3.05) is 6.61 Å². The van der Waals surface area contributed by atoms with E-state index in [-0.39, 0.29) is 46.6 Å². The highest BCUT2D eigenvalue weighted by Gasteiger charge is 2.69. The molecule has 0 aromatic heterocycles. The number of rotatable bonds is 8. The molecule has 0 aliphatic heterocycles. The van der Waals surface area contributed by atoms with Gasteiger partial charge in [0, 0.05) is 12.3 Å². The average molecular weight is 584 g/mol. The predicted molar refractivity (Wildman–Crippen MR) is 153 cm³/mol. The topological polar surface area (TPSA) is 120 Å². The first-order valence-corrected chi connectivity index (χ1v) is 16.2. The normalized spacial score (nSPS) is 38.9. The fourth-order valence-electron chi connectivity index (χ4n) is 9.18. The van der Waals surface area contributed by atoms with Crippen molar-refractivity contribution in [3.8, 4) is 6.07 Å². The van der Waals surface area contributed by atoms with E-state index in [1.54, 1.807) is 13.8 Å². The lowest BCUT2D eigenvalue weighted by atomic mass is 9.54. The van der Waals surface area contributed by atoms with E-state index in [1.807, 2.05) is 20.8 Å². The number of ether oxygens (including phenoxy) is 3. The first-order chi connectivity index (χ1) is 19.7. The van der Waals surface area contributed by atoms with Gasteiger partial charge < -0.3 is 14.2 Å². The molecule has 0 aromatic rings. The first-order valence-electron chi connectivity index (χ1n) is 16.2. The highest BCUT2D eigenvalue weighted by atomic mass is 16.6. The van der Waals surface area contributed by atoms with Gasteiger partial charge in [0.1, 0.15) is 17.1 Å². The third-order valence-corrected chi connectivity index (χ3v) is 12.0. The van der Waals surface area contributed by atoms with Crippen LogP contribution in [0.1, 0.15) is 112 Å². The Hall–Kier alpha value is -2.43. The second-order valence-electron chi connectivity index (χ2n) is 15.7. The molecule has 0 radical (unpaired) electrons. The molecule has 0 heterocycles. The van der Waals surface area contributed by atoms with Crippen molar-refractivity contribution in [3.05, 3.63) is 0 Å². The van der Waals surface area contributed by atoms with Gasteiger partial charge in [-0.05, 0) is 121 Å². The van der Waals surface area contributed by atoms with Crippen LogP contribution in [0.4, 0.5) is 0 Å². The molecule has 42 heavy (non-hydrogen) atoms. The zero-order chi connectivity index (χ0) is 30.7. The van der Waals surface area contributed by atoms with Crippen LogP contribution in [0.2, 0.25) is 0 Å². The maximum Gasteiger partial charge on any atom is 0.344 e. The molecule has 0 aromatic carbocycles. The van der Waals surface area contributed by atoms with Crippen molar-refractivity contribution < 1.29 is 33.4 Å². The van der Waals surface area contributed by atoms with Crippen LogP contribution in [0.5, 0.6) is 0 Å². The van der Waals surface area contributed by atoms with E-state index < -0.39 is 29.4 Å². The van der Waals surface area contributed by atoms with Crippen LogP contribution in [-0.2, 0) is 33.4 Å². The van der Waals surface area contributed by atoms with E-state index in [4.69, 9.17) is 14.2 Å². The second-order valence-corrected chi connectivity index (χ2v) is 15.7. The summed E-state index contributed by atoms with van der Waals surface area (Å²) in [5.41, 5.74) is -1.85. The molecule has 7 fully saturated rings. The van der Waals surface area contributed by atoms with Gasteiger partial charge in [-0.2, -0.15) is 5.26 Å². The van der Waals surface area contributed by atoms with Crippen LogP contribution in [0.3, 0.4) is 0 Å². The summed E-state index contributed by atoms with van der Waals surface area (Å²) < 4.78 is 16.7. The minimum absolute atomic E-state index is 0.00262. The minimum atomic E-state index is -0.837. The van der Waals surface area contributed by atoms with Gasteiger partial charge in [-0.25, -0.2) is 4.79 Å². The highest BCUT2D eigenvalue weighted by molar-refractivity contribution is 5.92. The highest BCUT2D eigenvalue weighted by Crippen LogP contribution is 2.65. The number of Topliss-reactive ketones (excluding diaryl/α,β-unsaturated/α-hetero) is 1. The summed E-state index contributed by atoms with van der Waals surface area (Å²) >= 11 is 0. The number of hydrogen-bond donors (Lipinski definition) is 0. The number of esters is 3. The van der Waals surface area contributed by atoms with E-state index in [2.05, 4.69) is 13.0 Å². The van der Waals surface area contributed by atoms with E-state index in [0.29, 0.717) is 19.3 Å². The van der Waals surface area contributed by atoms with Crippen molar-refractivity contribution in [1.82, 2.24) is 0 Å². The fraction of sp³-hybridized carbons (Fsp3) is 0.853. The van der Waals surface area contributed by atoms with Gasteiger partial charge in [0.25, 0.3) is 0 Å². The molecule has 7 aliphatic rings. The molecule has 7 rings (SSSR count). The molecule has 6 bridgehead atoms. The van der Waals surface area contributed by atoms with Crippen molar-refractivity contribution in [2.45, 2.75) is 124 Å². The number of nitriles is 1. The number of ketones is 1. The minimum Gasteiger partial charge on any atom is -0.459 e. The summed E-state index contributed by atoms with van der Waals surface area (Å²) in [7, 11) is 0. The lowest BCUT2D eigenvalue weighted by Gasteiger charge is -2.56. The summed E-state index contributed by atoms with van der Waals surface area (Å²) in [4.78, 5) is 48.5. The fourth-order valence-corrected chi connectivity index (χ4v) is 9.18. The summed E-state index contributed by atoms with van der Waals surface area (Å²) in [6, 6.07) is 2.23. The van der Waals surface area contributed by atoms with Crippen LogP contribution in [-0.4, -0.2) is 42.0 Å². The van der Waals surface area contributed by atoms with Crippen molar-refractivity contribution in [2.24, 2.45) is 51.8 Å². The number of carbonyl (C=O) groups is 4. The van der Waals surface area contributed by atoms with Crippen molar-refractivity contribution in [1.29, 1.82) is 5.26 Å². The van der Waals surface area contributed by atoms with E-state index in [1.165, 1.54) is 19.3 Å². The Morgan fingerprint density at radius 3 is 1.95 bits per heavy atom. The zero-order valence-electron chi connectivity index (χ0n) is 26.3. The third kappa shape index (κ3) is 5.39. The number of carbonyl (C=O) groups excluding carboxylic acids is 4. The van der Waals surface area contributed by atoms with Crippen LogP contribution < -0.4 is 0 Å². The Morgan fingerprint density at radius 1 is 0.881 bits per heavy atom. The Bertz CT molecular complexity index is 1130. The van der Waals surface area contributed by atoms with Gasteiger partial charge in [-0.3, -0.25) is 14.4 Å². The molecule has 232 valence electrons. The molecule has 0 spiro atoms. The SMILES string of the molecule is CCC(C)(C)C(=O)OC12CC3CC(CC(C3)C1)C2.CCC(C)(C)C(=O)OCC(=O)OC1C2CC3C1CC(=O)C3(C#N)C2. The van der Waals surface area contributed by atoms with Gasteiger partial charge in [-0.1, -0.05) is 13.8 Å². The van der Waals surface area contributed by atoms with Gasteiger partial charge in [0.05, 0.1) is 16.9 Å². The smallest absolute Gasteiger partial charge is 0.344 e. The summed E-state index contributed by atoms with van der Waals surface area (Å²) in [6.07, 6.45) is 10.3. The molecule has 0 amide bonds. The Kier molecular flexibility index (Phi) is 8.07. The standard InChI is InChI=1S/C18H23NO5.C16H26O2/c1-4-17(2,3)16(22)23-8-14(21)24-15-10-5-12-11(15)6-13(20)18(12,7-10)9-19;1-4-15(2,3)14(17)18-16-8-11-5-12(9-16)7-13(6-11)10-16/h10-12,15H,4-8H2,1-3H3;11-13H,4-10H2,1-3H3. The molecule has 8 heteroatoms. The third-order valence-electron chi connectivity index (χ3n) is 12.0. The monoisotopic (exact) mass is 583 g/mol. The number of hydrogen-bond acceptors (Lipinski definition) is 8. The quantitative estimate of drug-likeness (QED) is 0.254. The van der Waals surface area contributed by atoms with E-state index in [9.17, 15) is 24.4 Å². The molecule has 7 aliphatic carbocycles. The van der Waals surface area contributed by atoms with E-state index >= 15 is 0 Å². The lowest BCUT2D eigenvalue weighted by Crippen LogP contribution is -2.53. The number of nitrogens with zero attached hydrogens (tertiary/aromatic N) is 1. The second kappa shape index (κ2) is 10.9. The van der Waals surface area contributed by atoms with Crippen molar-refractivity contribution >= 4 is 23.7 Å². The first kappa shape index (κ1) is 31.0. The van der Waals surface area contributed by atoms with Gasteiger partial charge in [0.15, 0.2) is 12.4 Å². The lowest BCUT2D eigenvalue weighted by molar-refractivity contribution is -0.196. The van der Waals surface area contributed by atoms with Gasteiger partial charge >= 0.3 is 17.9 Å². The molecule has 8 nitrogen and oxygen atoms in total. The summed E-state index contributed by atoms with van der Waals surface area (Å²) in [5.74, 6) is 1.59. The summed E-state index contributed by atoms with van der Waals surface area (Å²) in [5, 5.41) is 9.41. The predicted octanol–water partition coefficient (Wildman–Crippen LogP) is 5.95.